The zero-order valence-corrected chi connectivity index (χ0v) is 7.22. The molecule has 1 rings (SSSR count). The van der Waals surface area contributed by atoms with E-state index in [0.29, 0.717) is 0 Å². The lowest BCUT2D eigenvalue weighted by molar-refractivity contribution is 0.586. The predicted molar refractivity (Wildman–Crippen MR) is 47.3 cm³/mol. The van der Waals surface area contributed by atoms with Gasteiger partial charge in [-0.1, -0.05) is 32.0 Å². The third kappa shape index (κ3) is 3.22. The quantitative estimate of drug-likeness (QED) is 0.615. The van der Waals surface area contributed by atoms with Crippen LogP contribution in [0.2, 0.25) is 0 Å². The number of aryl methyl sites for hydroxylation is 1. The van der Waals surface area contributed by atoms with Crippen LogP contribution in [-0.4, -0.2) is 0 Å². The standard InChI is InChI=1S/C11H14/c1-10(2)8-9-11-6-4-3-5-7-11/h4,6-7,10H,8-9H2,1-2H3. The van der Waals surface area contributed by atoms with Crippen LogP contribution < -0.4 is 0 Å². The van der Waals surface area contributed by atoms with Crippen LogP contribution in [0.1, 0.15) is 25.8 Å². The van der Waals surface area contributed by atoms with Crippen LogP contribution in [0.5, 0.6) is 0 Å². The first-order valence-electron chi connectivity index (χ1n) is 4.15. The van der Waals surface area contributed by atoms with Gasteiger partial charge in [-0.15, -0.1) is 0 Å². The average Bonchev–Trinajstić information content (AvgIpc) is 2.03. The molecule has 0 aliphatic carbocycles. The molecule has 0 fully saturated rings. The zero-order valence-electron chi connectivity index (χ0n) is 7.22. The Balaban J connectivity index is 2.39. The molecule has 0 saturated carbocycles. The molecule has 0 amide bonds. The van der Waals surface area contributed by atoms with Crippen LogP contribution in [0.4, 0.5) is 0 Å². The summed E-state index contributed by atoms with van der Waals surface area (Å²) >= 11 is 0. The largest absolute Gasteiger partial charge is 0.0628 e. The Morgan fingerprint density at radius 2 is 2.18 bits per heavy atom. The second-order valence-electron chi connectivity index (χ2n) is 3.27. The lowest BCUT2D eigenvalue weighted by atomic mass is 10.0. The van der Waals surface area contributed by atoms with Crippen molar-refractivity contribution in [2.75, 3.05) is 0 Å². The molecule has 0 unspecified atom stereocenters. The van der Waals surface area contributed by atoms with Crippen molar-refractivity contribution in [2.24, 2.45) is 5.92 Å². The van der Waals surface area contributed by atoms with Crippen molar-refractivity contribution in [3.8, 4) is 0 Å². The van der Waals surface area contributed by atoms with Crippen LogP contribution in [0.3, 0.4) is 0 Å². The smallest absolute Gasteiger partial charge is 0.00961 e. The van der Waals surface area contributed by atoms with Crippen molar-refractivity contribution in [3.05, 3.63) is 35.9 Å². The molecule has 0 saturated heterocycles. The Kier molecular flexibility index (Phi) is 3.15. The van der Waals surface area contributed by atoms with Crippen molar-refractivity contribution in [1.82, 2.24) is 0 Å². The first kappa shape index (κ1) is 8.32. The van der Waals surface area contributed by atoms with Crippen molar-refractivity contribution in [1.29, 1.82) is 0 Å². The van der Waals surface area contributed by atoms with Gasteiger partial charge in [-0.05, 0) is 36.5 Å². The molecular weight excluding hydrogens is 132 g/mol. The lowest BCUT2D eigenvalue weighted by Crippen LogP contribution is -1.91. The van der Waals surface area contributed by atoms with E-state index in [4.69, 9.17) is 0 Å². The number of rotatable bonds is 3. The molecule has 0 heteroatoms. The van der Waals surface area contributed by atoms with Gasteiger partial charge in [-0.3, -0.25) is 0 Å². The molecule has 58 valence electrons. The predicted octanol–water partition coefficient (Wildman–Crippen LogP) is 2.88. The molecule has 2 radical (unpaired) electrons. The first-order chi connectivity index (χ1) is 5.29. The lowest BCUT2D eigenvalue weighted by Gasteiger charge is -2.02. The van der Waals surface area contributed by atoms with E-state index in [1.807, 2.05) is 12.1 Å². The summed E-state index contributed by atoms with van der Waals surface area (Å²) in [6.45, 7) is 4.50. The van der Waals surface area contributed by atoms with Crippen molar-refractivity contribution >= 4 is 0 Å². The third-order valence-corrected chi connectivity index (χ3v) is 1.73. The number of hydrogen-bond acceptors (Lipinski definition) is 0. The van der Waals surface area contributed by atoms with Crippen LogP contribution in [0.15, 0.2) is 18.2 Å². The molecule has 0 aliphatic heterocycles. The van der Waals surface area contributed by atoms with E-state index in [1.54, 1.807) is 0 Å². The molecular formula is C11H14. The minimum absolute atomic E-state index is 0.791. The Labute approximate surface area is 69.3 Å². The fourth-order valence-electron chi connectivity index (χ4n) is 0.990. The summed E-state index contributed by atoms with van der Waals surface area (Å²) in [4.78, 5) is 0. The van der Waals surface area contributed by atoms with E-state index in [9.17, 15) is 0 Å². The highest BCUT2D eigenvalue weighted by molar-refractivity contribution is 5.12. The van der Waals surface area contributed by atoms with Gasteiger partial charge in [0.1, 0.15) is 0 Å². The maximum Gasteiger partial charge on any atom is -0.00961 e. The second kappa shape index (κ2) is 4.17. The van der Waals surface area contributed by atoms with Crippen molar-refractivity contribution < 1.29 is 0 Å². The van der Waals surface area contributed by atoms with E-state index in [-0.39, 0.29) is 0 Å². The average molecular weight is 146 g/mol. The van der Waals surface area contributed by atoms with Gasteiger partial charge < -0.3 is 0 Å². The Morgan fingerprint density at radius 3 is 2.73 bits per heavy atom. The van der Waals surface area contributed by atoms with Gasteiger partial charge in [-0.2, -0.15) is 0 Å². The van der Waals surface area contributed by atoms with Crippen molar-refractivity contribution in [3.63, 3.8) is 0 Å². The second-order valence-corrected chi connectivity index (χ2v) is 3.27. The normalized spacial score (nSPS) is 10.5. The van der Waals surface area contributed by atoms with Gasteiger partial charge >= 0.3 is 0 Å². The molecule has 0 spiro atoms. The summed E-state index contributed by atoms with van der Waals surface area (Å²) in [7, 11) is 0. The molecule has 0 aliphatic rings. The zero-order chi connectivity index (χ0) is 8.10. The van der Waals surface area contributed by atoms with Crippen LogP contribution >= 0.6 is 0 Å². The molecule has 0 heterocycles. The van der Waals surface area contributed by atoms with Gasteiger partial charge in [0.25, 0.3) is 0 Å². The molecule has 0 bridgehead atoms. The summed E-state index contributed by atoms with van der Waals surface area (Å²) in [6, 6.07) is 11.9. The SMILES string of the molecule is CC(C)CCc1c[c][c]cc1. The summed E-state index contributed by atoms with van der Waals surface area (Å²) in [5.74, 6) is 0.791. The third-order valence-electron chi connectivity index (χ3n) is 1.73. The van der Waals surface area contributed by atoms with E-state index >= 15 is 0 Å². The minimum Gasteiger partial charge on any atom is -0.0628 e. The van der Waals surface area contributed by atoms with Gasteiger partial charge in [0.2, 0.25) is 0 Å². The highest BCUT2D eigenvalue weighted by Crippen LogP contribution is 2.07. The molecule has 0 N–H and O–H groups in total. The van der Waals surface area contributed by atoms with Gasteiger partial charge in [0.15, 0.2) is 0 Å². The topological polar surface area (TPSA) is 0 Å². The Bertz CT molecular complexity index is 186. The van der Waals surface area contributed by atoms with Gasteiger partial charge in [0.05, 0.1) is 0 Å². The van der Waals surface area contributed by atoms with Crippen LogP contribution in [0.25, 0.3) is 0 Å². The van der Waals surface area contributed by atoms with Crippen molar-refractivity contribution in [2.45, 2.75) is 26.7 Å². The molecule has 11 heavy (non-hydrogen) atoms. The maximum atomic E-state index is 2.96. The monoisotopic (exact) mass is 146 g/mol. The summed E-state index contributed by atoms with van der Waals surface area (Å²) in [5, 5.41) is 0. The summed E-state index contributed by atoms with van der Waals surface area (Å²) < 4.78 is 0. The highest BCUT2D eigenvalue weighted by atomic mass is 14.0. The number of benzene rings is 1. The van der Waals surface area contributed by atoms with E-state index in [2.05, 4.69) is 32.0 Å². The van der Waals surface area contributed by atoms with Gasteiger partial charge in [0, 0.05) is 0 Å². The van der Waals surface area contributed by atoms with E-state index in [0.717, 1.165) is 5.92 Å². The number of hydrogen-bond donors (Lipinski definition) is 0. The minimum atomic E-state index is 0.791. The van der Waals surface area contributed by atoms with Gasteiger partial charge in [-0.25, -0.2) is 0 Å². The summed E-state index contributed by atoms with van der Waals surface area (Å²) in [5.41, 5.74) is 1.37. The van der Waals surface area contributed by atoms with E-state index < -0.39 is 0 Å². The Hall–Kier alpha value is -0.780. The van der Waals surface area contributed by atoms with Crippen LogP contribution in [0, 0.1) is 18.1 Å². The molecule has 0 atom stereocenters. The molecule has 1 aromatic rings. The first-order valence-corrected chi connectivity index (χ1v) is 4.15. The fraction of sp³-hybridized carbons (Fsp3) is 0.455. The highest BCUT2D eigenvalue weighted by Gasteiger charge is 1.94. The maximum absolute atomic E-state index is 2.96. The molecule has 0 nitrogen and oxygen atoms in total. The Morgan fingerprint density at radius 1 is 1.36 bits per heavy atom. The van der Waals surface area contributed by atoms with Crippen LogP contribution in [-0.2, 0) is 6.42 Å². The van der Waals surface area contributed by atoms with E-state index in [1.165, 1.54) is 18.4 Å². The molecule has 1 aromatic carbocycles. The summed E-state index contributed by atoms with van der Waals surface area (Å²) in [6.07, 6.45) is 2.43. The fourth-order valence-corrected chi connectivity index (χ4v) is 0.990. The molecule has 0 aromatic heterocycles.